The molecule has 25 N–H and O–H groups in total. The van der Waals surface area contributed by atoms with Crippen LogP contribution in [0.4, 0.5) is 29.1 Å². The smallest absolute Gasteiger partial charge is 0.164 e. The standard InChI is InChI=1S/5C13H16N6O4/c5*1-18-11-7-5(10(14)17-18)2-19(12(7)16-4-15-11)13-9(22)8(21)6(3-20)23-13/h5*2,4,6,8-9,13,20-22H,3H2,1H3,(H2,14,17)/t5*6-,8-,9-,13-/m11111/s1. The number of aliphatic hydroxyl groups excluding tert-OH is 15. The van der Waals surface area contributed by atoms with Crippen LogP contribution in [0, 0.1) is 0 Å². The van der Waals surface area contributed by atoms with Crippen molar-refractivity contribution in [2.24, 2.45) is 54.2 Å². The van der Waals surface area contributed by atoms with E-state index in [0.717, 1.165) is 0 Å². The number of rotatable bonds is 10. The minimum atomic E-state index is -1.20. The zero-order valence-electron chi connectivity index (χ0n) is 61.2. The summed E-state index contributed by atoms with van der Waals surface area (Å²) >= 11 is 0. The molecule has 0 unspecified atom stereocenters. The Bertz CT molecular complexity index is 4800. The van der Waals surface area contributed by atoms with Crippen LogP contribution < -0.4 is 53.7 Å². The van der Waals surface area contributed by atoms with Crippen LogP contribution in [0.15, 0.2) is 88.1 Å². The van der Waals surface area contributed by atoms with E-state index in [4.69, 9.17) is 52.4 Å². The number of aliphatic hydroxyl groups is 15. The molecule has 0 saturated carbocycles. The van der Waals surface area contributed by atoms with Gasteiger partial charge in [0.15, 0.2) is 89.4 Å². The van der Waals surface area contributed by atoms with Gasteiger partial charge in [0.2, 0.25) is 0 Å². The lowest BCUT2D eigenvalue weighted by atomic mass is 10.1. The van der Waals surface area contributed by atoms with Crippen LogP contribution in [0.2, 0.25) is 0 Å². The van der Waals surface area contributed by atoms with Crippen LogP contribution >= 0.6 is 0 Å². The zero-order valence-corrected chi connectivity index (χ0v) is 61.2. The molecule has 0 radical (unpaired) electrons. The predicted octanol–water partition coefficient (Wildman–Crippen LogP) is -9.44. The Morgan fingerprint density at radius 1 is 0.261 bits per heavy atom. The highest BCUT2D eigenvalue weighted by Gasteiger charge is 2.50. The fourth-order valence-electron chi connectivity index (χ4n) is 15.4. The molecule has 50 nitrogen and oxygen atoms in total. The molecule has 5 saturated heterocycles. The molecule has 5 fully saturated rings. The predicted molar refractivity (Wildman–Crippen MR) is 398 cm³/mol. The Hall–Kier alpha value is -11.3. The number of aromatic nitrogens is 15. The molecule has 0 aliphatic carbocycles. The molecule has 115 heavy (non-hydrogen) atoms. The molecule has 20 rings (SSSR count). The maximum Gasteiger partial charge on any atom is 0.164 e. The molecule has 0 bridgehead atoms. The van der Waals surface area contributed by atoms with E-state index in [1.54, 1.807) is 114 Å². The van der Waals surface area contributed by atoms with Crippen molar-refractivity contribution < 1.29 is 100 Å². The van der Waals surface area contributed by atoms with Gasteiger partial charge in [-0.2, -0.15) is 25.5 Å². The lowest BCUT2D eigenvalue weighted by molar-refractivity contribution is -0.0508. The quantitative estimate of drug-likeness (QED) is 0.0604. The molecule has 10 aliphatic rings. The number of nitrogens with two attached hydrogens (primary N) is 5. The van der Waals surface area contributed by atoms with Crippen molar-refractivity contribution in [2.75, 3.05) is 93.3 Å². The first-order valence-corrected chi connectivity index (χ1v) is 35.4. The van der Waals surface area contributed by atoms with E-state index in [0.29, 0.717) is 141 Å². The second-order valence-electron chi connectivity index (χ2n) is 27.9. The molecule has 20 heterocycles. The summed E-state index contributed by atoms with van der Waals surface area (Å²) in [5.41, 5.74) is 35.5. The number of hydrazone groups is 5. The number of anilines is 5. The van der Waals surface area contributed by atoms with Gasteiger partial charge in [-0.15, -0.1) is 0 Å². The van der Waals surface area contributed by atoms with Gasteiger partial charge >= 0.3 is 0 Å². The van der Waals surface area contributed by atoms with E-state index in [-0.39, 0.29) is 0 Å². The number of hydrogen-bond acceptors (Lipinski definition) is 45. The summed E-state index contributed by atoms with van der Waals surface area (Å²) in [6.07, 6.45) is -5.52. The SMILES string of the molecule is CN1N=C(N)c2cn([C@@H]3O[C@H](CO)[C@@H](O)[C@H]3O)c3ncnc1c23.CN1N=C(N)c2cn([C@@H]3O[C@H](CO)[C@@H](O)[C@H]3O)c3ncnc1c23.CN1N=C(N)c2cn([C@@H]3O[C@H](CO)[C@@H](O)[C@H]3O)c3ncnc1c23.CN1N=C(N)c2cn([C@@H]3O[C@H](CO)[C@@H](O)[C@H]3O)c3ncnc1c23.CN1N=C(N)c2cn([C@@H]3O[C@H](CO)[C@@H](O)[C@H]3O)c3ncnc1c23. The van der Waals surface area contributed by atoms with E-state index in [2.05, 4.69) is 75.3 Å². The first-order valence-electron chi connectivity index (χ1n) is 35.4. The van der Waals surface area contributed by atoms with E-state index < -0.39 is 156 Å². The lowest BCUT2D eigenvalue weighted by Crippen LogP contribution is -2.33. The van der Waals surface area contributed by atoms with Crippen LogP contribution in [0.3, 0.4) is 0 Å². The van der Waals surface area contributed by atoms with Gasteiger partial charge in [0.05, 0.1) is 60.0 Å². The van der Waals surface area contributed by atoms with Crippen LogP contribution in [-0.4, -0.2) is 338 Å². The Balaban J connectivity index is 0.000000108. The largest absolute Gasteiger partial charge is 0.394 e. The molecule has 0 amide bonds. The highest BCUT2D eigenvalue weighted by Crippen LogP contribution is 2.44. The van der Waals surface area contributed by atoms with E-state index in [1.807, 2.05) is 0 Å². The van der Waals surface area contributed by atoms with Crippen molar-refractivity contribution >= 4 is 113 Å². The second kappa shape index (κ2) is 29.8. The lowest BCUT2D eigenvalue weighted by Gasteiger charge is -2.19. The van der Waals surface area contributed by atoms with Crippen LogP contribution in [0.5, 0.6) is 0 Å². The first-order chi connectivity index (χ1) is 55.1. The summed E-state index contributed by atoms with van der Waals surface area (Å²) in [5, 5.41) is 179. The van der Waals surface area contributed by atoms with Gasteiger partial charge < -0.3 is 152 Å². The average Bonchev–Trinajstić information content (AvgIpc) is 1.60. The number of nitrogens with zero attached hydrogens (tertiary/aromatic N) is 25. The molecule has 10 aromatic heterocycles. The molecule has 610 valence electrons. The molecule has 0 spiro atoms. The second-order valence-corrected chi connectivity index (χ2v) is 27.9. The van der Waals surface area contributed by atoms with Crippen molar-refractivity contribution in [1.29, 1.82) is 0 Å². The fourth-order valence-corrected chi connectivity index (χ4v) is 15.4. The highest BCUT2D eigenvalue weighted by molar-refractivity contribution is 6.17. The maximum atomic E-state index is 10.2. The minimum Gasteiger partial charge on any atom is -0.394 e. The Labute approximate surface area is 644 Å². The molecule has 10 aliphatic heterocycles. The van der Waals surface area contributed by atoms with Crippen molar-refractivity contribution in [3.8, 4) is 0 Å². The van der Waals surface area contributed by atoms with Crippen molar-refractivity contribution in [3.63, 3.8) is 0 Å². The number of ether oxygens (including phenoxy) is 5. The summed E-state index contributed by atoms with van der Waals surface area (Å²) in [4.78, 5) is 42.3. The summed E-state index contributed by atoms with van der Waals surface area (Å²) in [5.74, 6) is 4.42. The van der Waals surface area contributed by atoms with E-state index in [9.17, 15) is 76.6 Å². The third kappa shape index (κ3) is 12.5. The van der Waals surface area contributed by atoms with Gasteiger partial charge in [-0.1, -0.05) is 0 Å². The maximum absolute atomic E-state index is 10.2. The van der Waals surface area contributed by atoms with Crippen LogP contribution in [0.1, 0.15) is 59.0 Å². The third-order valence-electron chi connectivity index (χ3n) is 21.1. The Morgan fingerprint density at radius 3 is 0.557 bits per heavy atom. The summed E-state index contributed by atoms with van der Waals surface area (Å²) in [6, 6.07) is 0. The summed E-state index contributed by atoms with van der Waals surface area (Å²) in [6.45, 7) is -1.98. The number of hydrogen-bond donors (Lipinski definition) is 20. The van der Waals surface area contributed by atoms with Gasteiger partial charge in [-0.25, -0.2) is 74.9 Å². The molecular formula is C65H80N30O20. The molecule has 0 aromatic carbocycles. The van der Waals surface area contributed by atoms with Crippen molar-refractivity contribution in [3.05, 3.63) is 90.4 Å². The molecule has 50 heteroatoms. The summed E-state index contributed by atoms with van der Waals surface area (Å²) in [7, 11) is 8.62. The van der Waals surface area contributed by atoms with Crippen molar-refractivity contribution in [2.45, 2.75) is 123 Å². The van der Waals surface area contributed by atoms with Crippen molar-refractivity contribution in [1.82, 2.24) is 72.7 Å². The summed E-state index contributed by atoms with van der Waals surface area (Å²) < 4.78 is 35.8. The fraction of sp³-hybridized carbons (Fsp3) is 0.462. The van der Waals surface area contributed by atoms with E-state index in [1.165, 1.54) is 31.6 Å². The molecule has 20 atom stereocenters. The van der Waals surface area contributed by atoms with Gasteiger partial charge in [-0.05, 0) is 0 Å². The van der Waals surface area contributed by atoms with Gasteiger partial charge in [0, 0.05) is 94.0 Å². The number of amidine groups is 5. The van der Waals surface area contributed by atoms with E-state index >= 15 is 0 Å². The monoisotopic (exact) mass is 1600 g/mol. The van der Waals surface area contributed by atoms with Crippen LogP contribution in [0.25, 0.3) is 55.2 Å². The third-order valence-corrected chi connectivity index (χ3v) is 21.1. The normalized spacial score (nSPS) is 30.1. The molecule has 10 aromatic rings. The Morgan fingerprint density at radius 2 is 0.417 bits per heavy atom. The minimum absolute atomic E-state index is 0.297. The van der Waals surface area contributed by atoms with Gasteiger partial charge in [-0.3, -0.25) is 0 Å². The Kier molecular flexibility index (Phi) is 20.1. The van der Waals surface area contributed by atoms with Gasteiger partial charge in [0.25, 0.3) is 0 Å². The average molecular weight is 1600 g/mol. The molecular weight excluding hydrogens is 1520 g/mol. The van der Waals surface area contributed by atoms with Crippen LogP contribution in [-0.2, 0) is 23.7 Å². The highest BCUT2D eigenvalue weighted by atomic mass is 16.6. The first kappa shape index (κ1) is 77.6. The topological polar surface area (TPSA) is 711 Å². The van der Waals surface area contributed by atoms with Gasteiger partial charge in [0.1, 0.15) is 151 Å². The zero-order chi connectivity index (χ0) is 81.5.